The number of rotatable bonds is 7. The van der Waals surface area contributed by atoms with E-state index in [2.05, 4.69) is 21.2 Å². The van der Waals surface area contributed by atoms with Gasteiger partial charge in [-0.25, -0.2) is 0 Å². The molecule has 0 unspecified atom stereocenters. The number of benzene rings is 2. The van der Waals surface area contributed by atoms with Gasteiger partial charge in [0.15, 0.2) is 5.76 Å². The number of hydrogen-bond donors (Lipinski definition) is 2. The average Bonchev–Trinajstić information content (AvgIpc) is 3.12. The number of halogens is 1. The molecule has 0 aliphatic carbocycles. The fourth-order valence-corrected chi connectivity index (χ4v) is 2.70. The van der Waals surface area contributed by atoms with Gasteiger partial charge in [-0.05, 0) is 48.0 Å². The van der Waals surface area contributed by atoms with E-state index in [1.54, 1.807) is 36.4 Å². The zero-order valence-electron chi connectivity index (χ0n) is 14.3. The molecule has 0 spiro atoms. The van der Waals surface area contributed by atoms with Crippen LogP contribution in [0.4, 0.5) is 5.69 Å². The van der Waals surface area contributed by atoms with Crippen molar-refractivity contribution in [2.75, 3.05) is 5.32 Å². The van der Waals surface area contributed by atoms with E-state index in [1.165, 1.54) is 0 Å². The van der Waals surface area contributed by atoms with Crippen LogP contribution in [-0.2, 0) is 17.8 Å². The van der Waals surface area contributed by atoms with Gasteiger partial charge in [0.05, 0.1) is 6.42 Å². The van der Waals surface area contributed by atoms with Crippen molar-refractivity contribution >= 4 is 33.4 Å². The van der Waals surface area contributed by atoms with E-state index in [4.69, 9.17) is 14.9 Å². The number of hydrogen-bond acceptors (Lipinski definition) is 4. The summed E-state index contributed by atoms with van der Waals surface area (Å²) in [6.07, 6.45) is 0.0425. The Morgan fingerprint density at radius 3 is 2.52 bits per heavy atom. The van der Waals surface area contributed by atoms with Gasteiger partial charge in [-0.2, -0.15) is 0 Å². The van der Waals surface area contributed by atoms with E-state index < -0.39 is 11.8 Å². The van der Waals surface area contributed by atoms with Gasteiger partial charge >= 0.3 is 0 Å². The topological polar surface area (TPSA) is 94.6 Å². The van der Waals surface area contributed by atoms with Gasteiger partial charge in [-0.15, -0.1) is 0 Å². The molecule has 0 bridgehead atoms. The maximum absolute atomic E-state index is 12.4. The zero-order chi connectivity index (χ0) is 19.2. The number of carbonyl (C=O) groups is 2. The van der Waals surface area contributed by atoms with Crippen LogP contribution in [0.25, 0.3) is 0 Å². The molecule has 3 rings (SSSR count). The SMILES string of the molecule is NC(=O)Cc1ccccc1NC(=O)c1ccc(COc2ccc(Br)cc2)o1. The largest absolute Gasteiger partial charge is 0.486 e. The molecule has 3 N–H and O–H groups in total. The van der Waals surface area contributed by atoms with Crippen LogP contribution in [0.5, 0.6) is 5.75 Å². The number of ether oxygens (including phenoxy) is 1. The first-order valence-corrected chi connectivity index (χ1v) is 8.95. The van der Waals surface area contributed by atoms with Crippen molar-refractivity contribution in [3.63, 3.8) is 0 Å². The standard InChI is InChI=1S/C20H17BrN2O4/c21-14-5-7-15(8-6-14)26-12-16-9-10-18(27-16)20(25)23-17-4-2-1-3-13(17)11-19(22)24/h1-10H,11-12H2,(H2,22,24)(H,23,25). The first kappa shape index (κ1) is 18.7. The highest BCUT2D eigenvalue weighted by atomic mass is 79.9. The smallest absolute Gasteiger partial charge is 0.291 e. The van der Waals surface area contributed by atoms with Crippen LogP contribution >= 0.6 is 15.9 Å². The molecular weight excluding hydrogens is 412 g/mol. The minimum atomic E-state index is -0.470. The van der Waals surface area contributed by atoms with E-state index in [0.717, 1.165) is 4.47 Å². The highest BCUT2D eigenvalue weighted by Crippen LogP contribution is 2.20. The predicted octanol–water partition coefficient (Wildman–Crippen LogP) is 3.90. The lowest BCUT2D eigenvalue weighted by molar-refractivity contribution is -0.117. The van der Waals surface area contributed by atoms with Crippen molar-refractivity contribution in [1.29, 1.82) is 0 Å². The second-order valence-corrected chi connectivity index (χ2v) is 6.68. The Bertz CT molecular complexity index is 951. The molecule has 1 heterocycles. The highest BCUT2D eigenvalue weighted by molar-refractivity contribution is 9.10. The van der Waals surface area contributed by atoms with Crippen molar-refractivity contribution in [2.24, 2.45) is 5.73 Å². The lowest BCUT2D eigenvalue weighted by Crippen LogP contribution is -2.17. The van der Waals surface area contributed by atoms with E-state index in [0.29, 0.717) is 22.8 Å². The summed E-state index contributed by atoms with van der Waals surface area (Å²) < 4.78 is 12.1. The molecule has 27 heavy (non-hydrogen) atoms. The normalized spacial score (nSPS) is 10.4. The van der Waals surface area contributed by atoms with E-state index in [1.807, 2.05) is 24.3 Å². The molecule has 0 saturated heterocycles. The zero-order valence-corrected chi connectivity index (χ0v) is 15.9. The molecule has 3 aromatic rings. The lowest BCUT2D eigenvalue weighted by atomic mass is 10.1. The quantitative estimate of drug-likeness (QED) is 0.596. The fourth-order valence-electron chi connectivity index (χ4n) is 2.43. The Balaban J connectivity index is 1.63. The lowest BCUT2D eigenvalue weighted by Gasteiger charge is -2.08. The molecule has 2 aromatic carbocycles. The van der Waals surface area contributed by atoms with Crippen LogP contribution in [0.1, 0.15) is 21.9 Å². The molecular formula is C20H17BrN2O4. The minimum absolute atomic E-state index is 0.0425. The number of primary amides is 1. The molecule has 0 aliphatic heterocycles. The van der Waals surface area contributed by atoms with Crippen LogP contribution in [-0.4, -0.2) is 11.8 Å². The summed E-state index contributed by atoms with van der Waals surface area (Å²) in [4.78, 5) is 23.6. The molecule has 0 fully saturated rings. The van der Waals surface area contributed by atoms with Gasteiger partial charge < -0.3 is 20.2 Å². The third kappa shape index (κ3) is 5.21. The Hall–Kier alpha value is -3.06. The van der Waals surface area contributed by atoms with Crippen LogP contribution in [0.15, 0.2) is 69.6 Å². The molecule has 0 atom stereocenters. The predicted molar refractivity (Wildman–Crippen MR) is 104 cm³/mol. The number of nitrogens with one attached hydrogen (secondary N) is 1. The Morgan fingerprint density at radius 1 is 1.04 bits per heavy atom. The summed E-state index contributed by atoms with van der Waals surface area (Å²) in [7, 11) is 0. The highest BCUT2D eigenvalue weighted by Gasteiger charge is 2.14. The van der Waals surface area contributed by atoms with Crippen molar-refractivity contribution < 1.29 is 18.7 Å². The Labute approximate surface area is 164 Å². The molecule has 2 amide bonds. The van der Waals surface area contributed by atoms with Crippen LogP contribution in [0.3, 0.4) is 0 Å². The number of para-hydroxylation sites is 1. The second kappa shape index (κ2) is 8.55. The van der Waals surface area contributed by atoms with E-state index in [9.17, 15) is 9.59 Å². The molecule has 6 nitrogen and oxygen atoms in total. The van der Waals surface area contributed by atoms with Gasteiger partial charge in [-0.3, -0.25) is 9.59 Å². The van der Waals surface area contributed by atoms with E-state index in [-0.39, 0.29) is 18.8 Å². The third-order valence-corrected chi connectivity index (χ3v) is 4.24. The number of carbonyl (C=O) groups excluding carboxylic acids is 2. The van der Waals surface area contributed by atoms with Gasteiger partial charge in [0, 0.05) is 10.2 Å². The summed E-state index contributed by atoms with van der Waals surface area (Å²) >= 11 is 3.36. The van der Waals surface area contributed by atoms with Crippen molar-refractivity contribution in [1.82, 2.24) is 0 Å². The summed E-state index contributed by atoms with van der Waals surface area (Å²) in [5.74, 6) is 0.483. The van der Waals surface area contributed by atoms with Crippen molar-refractivity contribution in [2.45, 2.75) is 13.0 Å². The number of amides is 2. The van der Waals surface area contributed by atoms with Gasteiger partial charge in [0.2, 0.25) is 5.91 Å². The summed E-state index contributed by atoms with van der Waals surface area (Å²) in [5.41, 5.74) is 6.40. The van der Waals surface area contributed by atoms with E-state index >= 15 is 0 Å². The summed E-state index contributed by atoms with van der Waals surface area (Å²) in [5, 5.41) is 2.74. The fraction of sp³-hybridized carbons (Fsp3) is 0.100. The molecule has 0 aliphatic rings. The van der Waals surface area contributed by atoms with Gasteiger partial charge in [0.1, 0.15) is 18.1 Å². The first-order chi connectivity index (χ1) is 13.0. The first-order valence-electron chi connectivity index (χ1n) is 8.16. The Kier molecular flexibility index (Phi) is 5.93. The monoisotopic (exact) mass is 428 g/mol. The van der Waals surface area contributed by atoms with Crippen LogP contribution < -0.4 is 15.8 Å². The maximum atomic E-state index is 12.4. The molecule has 1 aromatic heterocycles. The summed E-state index contributed by atoms with van der Waals surface area (Å²) in [6.45, 7) is 0.202. The van der Waals surface area contributed by atoms with Crippen LogP contribution in [0.2, 0.25) is 0 Å². The average molecular weight is 429 g/mol. The van der Waals surface area contributed by atoms with Crippen molar-refractivity contribution in [3.8, 4) is 5.75 Å². The number of furan rings is 1. The maximum Gasteiger partial charge on any atom is 0.291 e. The number of anilines is 1. The Morgan fingerprint density at radius 2 is 1.78 bits per heavy atom. The van der Waals surface area contributed by atoms with Crippen molar-refractivity contribution in [3.05, 3.63) is 82.2 Å². The van der Waals surface area contributed by atoms with Gasteiger partial charge in [0.25, 0.3) is 5.91 Å². The summed E-state index contributed by atoms with van der Waals surface area (Å²) in [6, 6.07) is 17.6. The second-order valence-electron chi connectivity index (χ2n) is 5.76. The molecule has 0 saturated carbocycles. The molecule has 0 radical (unpaired) electrons. The van der Waals surface area contributed by atoms with Crippen LogP contribution in [0, 0.1) is 0 Å². The third-order valence-electron chi connectivity index (χ3n) is 3.71. The number of nitrogens with two attached hydrogens (primary N) is 1. The van der Waals surface area contributed by atoms with Gasteiger partial charge in [-0.1, -0.05) is 34.1 Å². The minimum Gasteiger partial charge on any atom is -0.486 e. The molecule has 7 heteroatoms. The molecule has 138 valence electrons.